The molecule has 1 aliphatic heterocycles. The van der Waals surface area contributed by atoms with Crippen molar-refractivity contribution < 1.29 is 9.18 Å². The summed E-state index contributed by atoms with van der Waals surface area (Å²) >= 11 is 0. The number of halogens is 1. The molecular formula is C17H15FN2O. The van der Waals surface area contributed by atoms with Gasteiger partial charge in [0.25, 0.3) is 0 Å². The van der Waals surface area contributed by atoms with E-state index in [2.05, 4.69) is 10.3 Å². The molecule has 4 heteroatoms. The SMILES string of the molecule is O=C1Nc2ccccc2C1C=NCCc1ccccc1F. The van der Waals surface area contributed by atoms with Crippen LogP contribution in [0.25, 0.3) is 0 Å². The number of carbonyl (C=O) groups excluding carboxylic acids is 1. The first-order valence-corrected chi connectivity index (χ1v) is 6.89. The van der Waals surface area contributed by atoms with Gasteiger partial charge in [0, 0.05) is 18.4 Å². The third kappa shape index (κ3) is 2.84. The highest BCUT2D eigenvalue weighted by molar-refractivity contribution is 6.12. The molecule has 3 nitrogen and oxygen atoms in total. The third-order valence-corrected chi connectivity index (χ3v) is 3.56. The Bertz CT molecular complexity index is 697. The van der Waals surface area contributed by atoms with Crippen LogP contribution in [0.2, 0.25) is 0 Å². The standard InChI is InChI=1S/C17H15FN2O/c18-15-7-3-1-5-12(15)9-10-19-11-14-13-6-2-4-8-16(13)20-17(14)21/h1-8,11,14H,9-10H2,(H,20,21). The van der Waals surface area contributed by atoms with Crippen LogP contribution in [0, 0.1) is 5.82 Å². The summed E-state index contributed by atoms with van der Waals surface area (Å²) < 4.78 is 13.5. The summed E-state index contributed by atoms with van der Waals surface area (Å²) in [5, 5.41) is 2.82. The number of hydrogen-bond acceptors (Lipinski definition) is 2. The van der Waals surface area contributed by atoms with Gasteiger partial charge in [0.15, 0.2) is 0 Å². The minimum Gasteiger partial charge on any atom is -0.325 e. The summed E-state index contributed by atoms with van der Waals surface area (Å²) in [6, 6.07) is 14.3. The maximum absolute atomic E-state index is 13.5. The third-order valence-electron chi connectivity index (χ3n) is 3.56. The summed E-state index contributed by atoms with van der Waals surface area (Å²) in [6.45, 7) is 0.465. The zero-order valence-corrected chi connectivity index (χ0v) is 11.4. The van der Waals surface area contributed by atoms with Crippen molar-refractivity contribution in [2.75, 3.05) is 11.9 Å². The van der Waals surface area contributed by atoms with Crippen LogP contribution in [0.15, 0.2) is 53.5 Å². The van der Waals surface area contributed by atoms with Crippen LogP contribution in [0.4, 0.5) is 10.1 Å². The van der Waals surface area contributed by atoms with Gasteiger partial charge in [0.1, 0.15) is 11.7 Å². The first-order chi connectivity index (χ1) is 10.3. The fourth-order valence-electron chi connectivity index (χ4n) is 2.45. The minimum absolute atomic E-state index is 0.0640. The molecule has 1 aliphatic rings. The maximum atomic E-state index is 13.5. The second-order valence-corrected chi connectivity index (χ2v) is 4.95. The number of hydrogen-bond donors (Lipinski definition) is 1. The van der Waals surface area contributed by atoms with Crippen LogP contribution in [-0.4, -0.2) is 18.7 Å². The normalized spacial score (nSPS) is 17.0. The lowest BCUT2D eigenvalue weighted by Gasteiger charge is -2.02. The summed E-state index contributed by atoms with van der Waals surface area (Å²) in [5.41, 5.74) is 2.43. The lowest BCUT2D eigenvalue weighted by Crippen LogP contribution is -2.13. The topological polar surface area (TPSA) is 41.5 Å². The Hall–Kier alpha value is -2.49. The van der Waals surface area contributed by atoms with Gasteiger partial charge < -0.3 is 5.32 Å². The van der Waals surface area contributed by atoms with Gasteiger partial charge in [0.2, 0.25) is 5.91 Å². The van der Waals surface area contributed by atoms with E-state index < -0.39 is 0 Å². The van der Waals surface area contributed by atoms with Crippen molar-refractivity contribution in [1.82, 2.24) is 0 Å². The lowest BCUT2D eigenvalue weighted by molar-refractivity contribution is -0.115. The van der Waals surface area contributed by atoms with Gasteiger partial charge in [-0.1, -0.05) is 36.4 Å². The molecule has 1 amide bonds. The number of aliphatic imine (C=N–C) groups is 1. The molecule has 0 bridgehead atoms. The van der Waals surface area contributed by atoms with Gasteiger partial charge in [-0.2, -0.15) is 0 Å². The van der Waals surface area contributed by atoms with Gasteiger partial charge in [-0.05, 0) is 29.7 Å². The van der Waals surface area contributed by atoms with E-state index in [1.807, 2.05) is 30.3 Å². The van der Waals surface area contributed by atoms with Gasteiger partial charge in [0.05, 0.1) is 0 Å². The highest BCUT2D eigenvalue weighted by Crippen LogP contribution is 2.30. The molecule has 106 valence electrons. The Morgan fingerprint density at radius 2 is 1.90 bits per heavy atom. The van der Waals surface area contributed by atoms with Crippen molar-refractivity contribution >= 4 is 17.8 Å². The van der Waals surface area contributed by atoms with Crippen molar-refractivity contribution in [2.45, 2.75) is 12.3 Å². The lowest BCUT2D eigenvalue weighted by atomic mass is 10.0. The number of carbonyl (C=O) groups is 1. The molecular weight excluding hydrogens is 267 g/mol. The number of rotatable bonds is 4. The van der Waals surface area contributed by atoms with Crippen molar-refractivity contribution in [3.63, 3.8) is 0 Å². The maximum Gasteiger partial charge on any atom is 0.237 e. The molecule has 0 spiro atoms. The Morgan fingerprint density at radius 1 is 1.14 bits per heavy atom. The van der Waals surface area contributed by atoms with Crippen molar-refractivity contribution in [2.24, 2.45) is 4.99 Å². The van der Waals surface area contributed by atoms with E-state index in [0.29, 0.717) is 18.5 Å². The summed E-state index contributed by atoms with van der Waals surface area (Å²) in [4.78, 5) is 16.2. The Morgan fingerprint density at radius 3 is 2.76 bits per heavy atom. The van der Waals surface area contributed by atoms with Gasteiger partial charge >= 0.3 is 0 Å². The number of nitrogens with zero attached hydrogens (tertiary/aromatic N) is 1. The Labute approximate surface area is 122 Å². The monoisotopic (exact) mass is 282 g/mol. The summed E-state index contributed by atoms with van der Waals surface area (Å²) in [6.07, 6.45) is 2.18. The van der Waals surface area contributed by atoms with Crippen molar-refractivity contribution in [3.05, 3.63) is 65.5 Å². The van der Waals surface area contributed by atoms with E-state index in [0.717, 1.165) is 11.3 Å². The summed E-state index contributed by atoms with van der Waals surface area (Å²) in [5.74, 6) is -0.621. The molecule has 0 fully saturated rings. The minimum atomic E-state index is -0.346. The number of anilines is 1. The fraction of sp³-hybridized carbons (Fsp3) is 0.176. The number of benzene rings is 2. The van der Waals surface area contributed by atoms with Gasteiger partial charge in [-0.25, -0.2) is 4.39 Å². The van der Waals surface area contributed by atoms with Gasteiger partial charge in [-0.15, -0.1) is 0 Å². The van der Waals surface area contributed by atoms with Crippen molar-refractivity contribution in [3.8, 4) is 0 Å². The average molecular weight is 282 g/mol. The number of para-hydroxylation sites is 1. The van der Waals surface area contributed by atoms with Crippen LogP contribution >= 0.6 is 0 Å². The summed E-state index contributed by atoms with van der Waals surface area (Å²) in [7, 11) is 0. The zero-order valence-electron chi connectivity index (χ0n) is 11.4. The molecule has 2 aromatic rings. The first-order valence-electron chi connectivity index (χ1n) is 6.89. The molecule has 1 N–H and O–H groups in total. The van der Waals surface area contributed by atoms with E-state index in [1.165, 1.54) is 6.07 Å². The van der Waals surface area contributed by atoms with Crippen LogP contribution in [0.5, 0.6) is 0 Å². The first kappa shape index (κ1) is 13.5. The van der Waals surface area contributed by atoms with E-state index in [9.17, 15) is 9.18 Å². The molecule has 0 aliphatic carbocycles. The second kappa shape index (κ2) is 5.87. The molecule has 0 saturated carbocycles. The second-order valence-electron chi connectivity index (χ2n) is 4.95. The molecule has 2 aromatic carbocycles. The van der Waals surface area contributed by atoms with Crippen LogP contribution in [-0.2, 0) is 11.2 Å². The molecule has 0 saturated heterocycles. The molecule has 1 heterocycles. The fourth-order valence-corrected chi connectivity index (χ4v) is 2.45. The number of amides is 1. The molecule has 0 radical (unpaired) electrons. The largest absolute Gasteiger partial charge is 0.325 e. The van der Waals surface area contributed by atoms with Crippen LogP contribution in [0.3, 0.4) is 0 Å². The molecule has 1 atom stereocenters. The van der Waals surface area contributed by atoms with E-state index in [4.69, 9.17) is 0 Å². The molecule has 21 heavy (non-hydrogen) atoms. The average Bonchev–Trinajstić information content (AvgIpc) is 2.81. The van der Waals surface area contributed by atoms with E-state index in [1.54, 1.807) is 18.3 Å². The number of nitrogens with one attached hydrogen (secondary N) is 1. The molecule has 3 rings (SSSR count). The predicted molar refractivity (Wildman–Crippen MR) is 81.3 cm³/mol. The van der Waals surface area contributed by atoms with E-state index in [-0.39, 0.29) is 17.6 Å². The van der Waals surface area contributed by atoms with Gasteiger partial charge in [-0.3, -0.25) is 9.79 Å². The smallest absolute Gasteiger partial charge is 0.237 e. The van der Waals surface area contributed by atoms with Crippen molar-refractivity contribution in [1.29, 1.82) is 0 Å². The molecule has 1 unspecified atom stereocenters. The van der Waals surface area contributed by atoms with Crippen LogP contribution < -0.4 is 5.32 Å². The Kier molecular flexibility index (Phi) is 3.77. The van der Waals surface area contributed by atoms with Crippen LogP contribution in [0.1, 0.15) is 17.0 Å². The highest BCUT2D eigenvalue weighted by Gasteiger charge is 2.28. The Balaban J connectivity index is 1.65. The predicted octanol–water partition coefficient (Wildman–Crippen LogP) is 3.17. The van der Waals surface area contributed by atoms with E-state index >= 15 is 0 Å². The highest BCUT2D eigenvalue weighted by atomic mass is 19.1. The number of fused-ring (bicyclic) bond motifs is 1. The zero-order chi connectivity index (χ0) is 14.7. The quantitative estimate of drug-likeness (QED) is 0.860. The molecule has 0 aromatic heterocycles.